The molecule has 2 aromatic carbocycles. The topological polar surface area (TPSA) is 32.7 Å². The molecule has 0 fully saturated rings. The Kier molecular flexibility index (Phi) is 4.98. The summed E-state index contributed by atoms with van der Waals surface area (Å²) >= 11 is 7.31. The van der Waals surface area contributed by atoms with Gasteiger partial charge < -0.3 is 0 Å². The number of carbonyl (C=O) groups excluding carboxylic acids is 1. The van der Waals surface area contributed by atoms with Gasteiger partial charge in [0.2, 0.25) is 0 Å². The van der Waals surface area contributed by atoms with Crippen LogP contribution < -0.4 is 0 Å². The van der Waals surface area contributed by atoms with Crippen molar-refractivity contribution in [3.8, 4) is 0 Å². The minimum atomic E-state index is -0.244. The summed E-state index contributed by atoms with van der Waals surface area (Å²) in [4.78, 5) is 18.6. The van der Waals surface area contributed by atoms with Crippen LogP contribution in [-0.2, 0) is 5.75 Å². The van der Waals surface area contributed by atoms with Crippen LogP contribution in [0.1, 0.15) is 15.9 Å². The molecule has 0 saturated heterocycles. The fourth-order valence-corrected chi connectivity index (χ4v) is 3.50. The minimum Gasteiger partial charge on any atom is -0.286 e. The molecule has 6 heteroatoms. The van der Waals surface area contributed by atoms with E-state index < -0.39 is 0 Å². The molecule has 0 spiro atoms. The van der Waals surface area contributed by atoms with Crippen LogP contribution in [0.15, 0.2) is 53.5 Å². The van der Waals surface area contributed by atoms with E-state index >= 15 is 0 Å². The Morgan fingerprint density at radius 3 is 2.87 bits per heavy atom. The van der Waals surface area contributed by atoms with Gasteiger partial charge in [0.05, 0.1) is 6.54 Å². The van der Waals surface area contributed by atoms with E-state index in [0.717, 1.165) is 0 Å². The van der Waals surface area contributed by atoms with Gasteiger partial charge in [-0.05, 0) is 29.8 Å². The molecule has 3 rings (SSSR count). The van der Waals surface area contributed by atoms with Gasteiger partial charge in [-0.3, -0.25) is 14.7 Å². The first-order valence-corrected chi connectivity index (χ1v) is 8.49. The lowest BCUT2D eigenvalue weighted by atomic mass is 10.2. The summed E-state index contributed by atoms with van der Waals surface area (Å²) in [5.74, 6) is 0.0567. The van der Waals surface area contributed by atoms with E-state index in [2.05, 4.69) is 4.99 Å². The first-order valence-electron chi connectivity index (χ1n) is 7.13. The third kappa shape index (κ3) is 3.74. The number of amides is 1. The highest BCUT2D eigenvalue weighted by Gasteiger charge is 2.25. The standard InChI is InChI=1S/C17H14ClFN2OS/c18-14-6-3-5-12(10-14)16(22)21-9-8-20-17(21)23-11-13-4-1-2-7-15(13)19/h1-7,10H,8-9,11H2. The van der Waals surface area contributed by atoms with E-state index in [1.807, 2.05) is 0 Å². The molecule has 0 N–H and O–H groups in total. The molecule has 0 bridgehead atoms. The average Bonchev–Trinajstić information content (AvgIpc) is 3.02. The molecule has 0 unspecified atom stereocenters. The van der Waals surface area contributed by atoms with Crippen molar-refractivity contribution in [3.05, 3.63) is 70.5 Å². The Morgan fingerprint density at radius 2 is 2.09 bits per heavy atom. The van der Waals surface area contributed by atoms with Gasteiger partial charge in [0.1, 0.15) is 5.82 Å². The fourth-order valence-electron chi connectivity index (χ4n) is 2.27. The van der Waals surface area contributed by atoms with E-state index in [0.29, 0.717) is 40.2 Å². The van der Waals surface area contributed by atoms with E-state index in [1.165, 1.54) is 17.8 Å². The monoisotopic (exact) mass is 348 g/mol. The number of rotatable bonds is 3. The number of carbonyl (C=O) groups is 1. The average molecular weight is 349 g/mol. The van der Waals surface area contributed by atoms with Crippen LogP contribution in [-0.4, -0.2) is 29.1 Å². The molecular weight excluding hydrogens is 335 g/mol. The smallest absolute Gasteiger partial charge is 0.259 e. The van der Waals surface area contributed by atoms with Crippen molar-refractivity contribution in [2.45, 2.75) is 5.75 Å². The normalized spacial score (nSPS) is 14.0. The zero-order chi connectivity index (χ0) is 16.2. The number of amidine groups is 1. The molecular formula is C17H14ClFN2OS. The van der Waals surface area contributed by atoms with Gasteiger partial charge in [-0.1, -0.05) is 47.6 Å². The summed E-state index contributed by atoms with van der Waals surface area (Å²) in [7, 11) is 0. The van der Waals surface area contributed by atoms with Crippen LogP contribution in [0.2, 0.25) is 5.02 Å². The maximum absolute atomic E-state index is 13.7. The second-order valence-electron chi connectivity index (χ2n) is 5.01. The Labute approximate surface area is 143 Å². The van der Waals surface area contributed by atoms with Crippen molar-refractivity contribution in [2.75, 3.05) is 13.1 Å². The zero-order valence-electron chi connectivity index (χ0n) is 12.2. The second kappa shape index (κ2) is 7.15. The largest absolute Gasteiger partial charge is 0.286 e. The molecule has 118 valence electrons. The Bertz CT molecular complexity index is 766. The van der Waals surface area contributed by atoms with Gasteiger partial charge in [-0.15, -0.1) is 0 Å². The van der Waals surface area contributed by atoms with Crippen LogP contribution in [0.25, 0.3) is 0 Å². The van der Waals surface area contributed by atoms with Gasteiger partial charge in [0.15, 0.2) is 5.17 Å². The molecule has 0 radical (unpaired) electrons. The van der Waals surface area contributed by atoms with Crippen molar-refractivity contribution < 1.29 is 9.18 Å². The summed E-state index contributed by atoms with van der Waals surface area (Å²) in [6, 6.07) is 13.5. The van der Waals surface area contributed by atoms with Gasteiger partial charge in [-0.25, -0.2) is 4.39 Å². The number of hydrogen-bond donors (Lipinski definition) is 0. The van der Waals surface area contributed by atoms with Crippen LogP contribution in [0.4, 0.5) is 4.39 Å². The molecule has 1 amide bonds. The molecule has 0 aliphatic carbocycles. The maximum atomic E-state index is 13.7. The quantitative estimate of drug-likeness (QED) is 0.831. The van der Waals surface area contributed by atoms with Crippen molar-refractivity contribution in [3.63, 3.8) is 0 Å². The van der Waals surface area contributed by atoms with Gasteiger partial charge in [0.25, 0.3) is 5.91 Å². The molecule has 0 saturated carbocycles. The van der Waals surface area contributed by atoms with Crippen molar-refractivity contribution in [1.82, 2.24) is 4.90 Å². The molecule has 3 nitrogen and oxygen atoms in total. The maximum Gasteiger partial charge on any atom is 0.259 e. The van der Waals surface area contributed by atoms with E-state index in [9.17, 15) is 9.18 Å². The number of benzene rings is 2. The van der Waals surface area contributed by atoms with E-state index in [1.54, 1.807) is 47.4 Å². The second-order valence-corrected chi connectivity index (χ2v) is 6.39. The van der Waals surface area contributed by atoms with Gasteiger partial charge in [0, 0.05) is 22.9 Å². The minimum absolute atomic E-state index is 0.134. The summed E-state index contributed by atoms with van der Waals surface area (Å²) in [6.07, 6.45) is 0. The highest BCUT2D eigenvalue weighted by Crippen LogP contribution is 2.23. The van der Waals surface area contributed by atoms with Crippen molar-refractivity contribution >= 4 is 34.4 Å². The number of thioether (sulfide) groups is 1. The predicted molar refractivity (Wildman–Crippen MR) is 92.5 cm³/mol. The predicted octanol–water partition coefficient (Wildman–Crippen LogP) is 4.22. The Morgan fingerprint density at radius 1 is 1.26 bits per heavy atom. The van der Waals surface area contributed by atoms with Crippen LogP contribution in [0.5, 0.6) is 0 Å². The summed E-state index contributed by atoms with van der Waals surface area (Å²) in [6.45, 7) is 1.09. The summed E-state index contributed by atoms with van der Waals surface area (Å²) in [5, 5.41) is 1.14. The van der Waals surface area contributed by atoms with E-state index in [-0.39, 0.29) is 11.7 Å². The Balaban J connectivity index is 1.70. The number of nitrogens with zero attached hydrogens (tertiary/aromatic N) is 2. The third-order valence-corrected chi connectivity index (χ3v) is 4.73. The van der Waals surface area contributed by atoms with Gasteiger partial charge in [-0.2, -0.15) is 0 Å². The molecule has 23 heavy (non-hydrogen) atoms. The van der Waals surface area contributed by atoms with Gasteiger partial charge >= 0.3 is 0 Å². The lowest BCUT2D eigenvalue weighted by molar-refractivity contribution is 0.0860. The zero-order valence-corrected chi connectivity index (χ0v) is 13.8. The fraction of sp³-hybridized carbons (Fsp3) is 0.176. The molecule has 1 aliphatic heterocycles. The number of halogens is 2. The molecule has 1 heterocycles. The van der Waals surface area contributed by atoms with Crippen LogP contribution in [0, 0.1) is 5.82 Å². The molecule has 2 aromatic rings. The number of aliphatic imine (C=N–C) groups is 1. The van der Waals surface area contributed by atoms with Crippen LogP contribution in [0.3, 0.4) is 0 Å². The lowest BCUT2D eigenvalue weighted by Gasteiger charge is -2.18. The summed E-state index contributed by atoms with van der Waals surface area (Å²) < 4.78 is 13.7. The number of hydrogen-bond acceptors (Lipinski definition) is 3. The van der Waals surface area contributed by atoms with Crippen molar-refractivity contribution in [1.29, 1.82) is 0 Å². The first kappa shape index (κ1) is 16.0. The molecule has 0 aromatic heterocycles. The van der Waals surface area contributed by atoms with Crippen LogP contribution >= 0.6 is 23.4 Å². The lowest BCUT2D eigenvalue weighted by Crippen LogP contribution is -2.32. The highest BCUT2D eigenvalue weighted by molar-refractivity contribution is 8.13. The highest BCUT2D eigenvalue weighted by atomic mass is 35.5. The third-order valence-electron chi connectivity index (χ3n) is 3.43. The molecule has 0 atom stereocenters. The van der Waals surface area contributed by atoms with Crippen molar-refractivity contribution in [2.24, 2.45) is 4.99 Å². The van der Waals surface area contributed by atoms with E-state index in [4.69, 9.17) is 11.6 Å². The SMILES string of the molecule is O=C(c1cccc(Cl)c1)N1CCN=C1SCc1ccccc1F. The Hall–Kier alpha value is -1.85. The first-order chi connectivity index (χ1) is 11.1. The summed E-state index contributed by atoms with van der Waals surface area (Å²) in [5.41, 5.74) is 1.13. The molecule has 1 aliphatic rings.